The molecule has 0 spiro atoms. The topological polar surface area (TPSA) is 29.1 Å². The first kappa shape index (κ1) is 18.2. The van der Waals surface area contributed by atoms with E-state index < -0.39 is 0 Å². The lowest BCUT2D eigenvalue weighted by atomic mass is 9.53. The molecule has 2 nitrogen and oxygen atoms in total. The number of hydrogen-bond donors (Lipinski definition) is 1. The summed E-state index contributed by atoms with van der Waals surface area (Å²) >= 11 is 0. The van der Waals surface area contributed by atoms with E-state index in [0.717, 1.165) is 24.1 Å². The van der Waals surface area contributed by atoms with Gasteiger partial charge in [0.1, 0.15) is 0 Å². The van der Waals surface area contributed by atoms with Crippen molar-refractivity contribution in [3.63, 3.8) is 0 Å². The zero-order chi connectivity index (χ0) is 20.0. The molecular weight excluding hydrogens is 354 g/mol. The van der Waals surface area contributed by atoms with Gasteiger partial charge >= 0.3 is 0 Å². The molecule has 3 aliphatic rings. The zero-order valence-electron chi connectivity index (χ0n) is 17.1. The van der Waals surface area contributed by atoms with Gasteiger partial charge in [0.05, 0.1) is 5.92 Å². The predicted molar refractivity (Wildman–Crippen MR) is 118 cm³/mol. The lowest BCUT2D eigenvalue weighted by Gasteiger charge is -2.50. The number of amides is 1. The standard InChI is InChI=1S/C27H27NO/c1-3-9-23-24-19-12-4-6-14-21(19)25(22-15-7-5-13-20(22)24)26(23)27(29)28-18-11-8-10-17(2)16-18/h4-8,10-16,23-26H,3,9H2,1-2H3,(H,28,29)/t23-,24?,25?,26-/m1/s1. The number of carbonyl (C=O) groups is 1. The van der Waals surface area contributed by atoms with Crippen molar-refractivity contribution >= 4 is 11.6 Å². The number of aryl methyl sites for hydroxylation is 1. The smallest absolute Gasteiger partial charge is 0.228 e. The summed E-state index contributed by atoms with van der Waals surface area (Å²) in [6.45, 7) is 4.29. The third-order valence-electron chi connectivity index (χ3n) is 6.79. The second kappa shape index (κ2) is 7.18. The maximum absolute atomic E-state index is 13.7. The monoisotopic (exact) mass is 381 g/mol. The molecule has 0 saturated carbocycles. The van der Waals surface area contributed by atoms with E-state index in [1.165, 1.54) is 22.3 Å². The van der Waals surface area contributed by atoms with Gasteiger partial charge in [0, 0.05) is 17.5 Å². The molecule has 0 fully saturated rings. The lowest BCUT2D eigenvalue weighted by Crippen LogP contribution is -2.45. The van der Waals surface area contributed by atoms with E-state index in [1.54, 1.807) is 0 Å². The first-order valence-electron chi connectivity index (χ1n) is 10.7. The number of anilines is 1. The molecule has 0 unspecified atom stereocenters. The van der Waals surface area contributed by atoms with Crippen molar-refractivity contribution in [2.24, 2.45) is 11.8 Å². The molecule has 6 rings (SSSR count). The van der Waals surface area contributed by atoms with E-state index in [2.05, 4.69) is 79.8 Å². The molecular formula is C27H27NO. The van der Waals surface area contributed by atoms with Crippen LogP contribution in [0.2, 0.25) is 0 Å². The van der Waals surface area contributed by atoms with Crippen LogP contribution in [0, 0.1) is 18.8 Å². The highest BCUT2D eigenvalue weighted by atomic mass is 16.1. The summed E-state index contributed by atoms with van der Waals surface area (Å²) in [5, 5.41) is 3.25. The van der Waals surface area contributed by atoms with Gasteiger partial charge < -0.3 is 5.32 Å². The Balaban J connectivity index is 1.62. The third kappa shape index (κ3) is 2.90. The van der Waals surface area contributed by atoms with Crippen LogP contribution in [-0.4, -0.2) is 5.91 Å². The zero-order valence-corrected chi connectivity index (χ0v) is 17.1. The minimum absolute atomic E-state index is 0.0368. The molecule has 0 radical (unpaired) electrons. The highest BCUT2D eigenvalue weighted by Crippen LogP contribution is 2.59. The van der Waals surface area contributed by atoms with Crippen LogP contribution in [0.4, 0.5) is 5.69 Å². The summed E-state index contributed by atoms with van der Waals surface area (Å²) in [6, 6.07) is 25.7. The van der Waals surface area contributed by atoms with E-state index in [1.807, 2.05) is 12.1 Å². The Morgan fingerprint density at radius 3 is 1.97 bits per heavy atom. The van der Waals surface area contributed by atoms with Gasteiger partial charge in [-0.3, -0.25) is 4.79 Å². The van der Waals surface area contributed by atoms with E-state index in [9.17, 15) is 4.79 Å². The maximum Gasteiger partial charge on any atom is 0.228 e. The fourth-order valence-corrected chi connectivity index (χ4v) is 5.77. The highest BCUT2D eigenvalue weighted by molar-refractivity contribution is 5.95. The molecule has 0 aromatic heterocycles. The molecule has 1 N–H and O–H groups in total. The number of carbonyl (C=O) groups excluding carboxylic acids is 1. The van der Waals surface area contributed by atoms with Crippen LogP contribution in [0.3, 0.4) is 0 Å². The van der Waals surface area contributed by atoms with Gasteiger partial charge in [-0.1, -0.05) is 74.0 Å². The molecule has 29 heavy (non-hydrogen) atoms. The van der Waals surface area contributed by atoms with Gasteiger partial charge in [-0.15, -0.1) is 0 Å². The Kier molecular flexibility index (Phi) is 4.50. The Morgan fingerprint density at radius 1 is 0.828 bits per heavy atom. The second-order valence-corrected chi connectivity index (χ2v) is 8.55. The van der Waals surface area contributed by atoms with E-state index in [4.69, 9.17) is 0 Å². The van der Waals surface area contributed by atoms with Crippen molar-refractivity contribution in [1.82, 2.24) is 0 Å². The van der Waals surface area contributed by atoms with Gasteiger partial charge in [-0.25, -0.2) is 0 Å². The molecule has 1 amide bonds. The van der Waals surface area contributed by atoms with Gasteiger partial charge in [0.15, 0.2) is 0 Å². The van der Waals surface area contributed by atoms with Crippen LogP contribution in [0.5, 0.6) is 0 Å². The van der Waals surface area contributed by atoms with Gasteiger partial charge in [0.2, 0.25) is 5.91 Å². The van der Waals surface area contributed by atoms with Gasteiger partial charge in [0.25, 0.3) is 0 Å². The van der Waals surface area contributed by atoms with E-state index in [-0.39, 0.29) is 17.7 Å². The summed E-state index contributed by atoms with van der Waals surface area (Å²) in [4.78, 5) is 13.7. The van der Waals surface area contributed by atoms with Gasteiger partial charge in [-0.2, -0.15) is 0 Å². The van der Waals surface area contributed by atoms with Crippen LogP contribution >= 0.6 is 0 Å². The van der Waals surface area contributed by atoms with Crippen LogP contribution in [0.25, 0.3) is 0 Å². The van der Waals surface area contributed by atoms with Crippen molar-refractivity contribution < 1.29 is 4.79 Å². The summed E-state index contributed by atoms with van der Waals surface area (Å²) < 4.78 is 0. The molecule has 2 bridgehead atoms. The Labute approximate surface area is 173 Å². The largest absolute Gasteiger partial charge is 0.326 e. The first-order valence-corrected chi connectivity index (χ1v) is 10.7. The quantitative estimate of drug-likeness (QED) is 0.568. The Bertz CT molecular complexity index is 1020. The molecule has 0 aliphatic heterocycles. The van der Waals surface area contributed by atoms with Crippen LogP contribution in [-0.2, 0) is 4.79 Å². The minimum Gasteiger partial charge on any atom is -0.326 e. The third-order valence-corrected chi connectivity index (χ3v) is 6.79. The lowest BCUT2D eigenvalue weighted by molar-refractivity contribution is -0.123. The molecule has 3 aliphatic carbocycles. The molecule has 146 valence electrons. The average molecular weight is 382 g/mol. The summed E-state index contributed by atoms with van der Waals surface area (Å²) in [5.41, 5.74) is 7.59. The average Bonchev–Trinajstić information content (AvgIpc) is 2.74. The first-order chi connectivity index (χ1) is 14.2. The fourth-order valence-electron chi connectivity index (χ4n) is 5.77. The second-order valence-electron chi connectivity index (χ2n) is 8.55. The molecule has 3 aromatic rings. The SMILES string of the molecule is CCC[C@@H]1C2c3ccccc3C(c3ccccc32)[C@@H]1C(=O)Nc1cccc(C)c1. The molecule has 0 saturated heterocycles. The van der Waals surface area contributed by atoms with Crippen molar-refractivity contribution in [3.8, 4) is 0 Å². The van der Waals surface area contributed by atoms with Crippen molar-refractivity contribution in [1.29, 1.82) is 0 Å². The summed E-state index contributed by atoms with van der Waals surface area (Å²) in [7, 11) is 0. The highest BCUT2D eigenvalue weighted by Gasteiger charge is 2.51. The number of nitrogens with one attached hydrogen (secondary N) is 1. The van der Waals surface area contributed by atoms with Crippen LogP contribution in [0.1, 0.15) is 59.4 Å². The van der Waals surface area contributed by atoms with Crippen molar-refractivity contribution in [2.75, 3.05) is 5.32 Å². The normalized spacial score (nSPS) is 23.9. The van der Waals surface area contributed by atoms with E-state index in [0.29, 0.717) is 11.8 Å². The maximum atomic E-state index is 13.7. The predicted octanol–water partition coefficient (Wildman–Crippen LogP) is 6.26. The van der Waals surface area contributed by atoms with Crippen molar-refractivity contribution in [2.45, 2.75) is 38.5 Å². The number of hydrogen-bond acceptors (Lipinski definition) is 1. The van der Waals surface area contributed by atoms with Crippen LogP contribution in [0.15, 0.2) is 72.8 Å². The number of fused-ring (bicyclic) bond motifs is 1. The minimum atomic E-state index is -0.0368. The molecule has 2 heteroatoms. The van der Waals surface area contributed by atoms with Gasteiger partial charge in [-0.05, 0) is 59.2 Å². The summed E-state index contributed by atoms with van der Waals surface area (Å²) in [5.74, 6) is 0.896. The molecule has 3 aromatic carbocycles. The summed E-state index contributed by atoms with van der Waals surface area (Å²) in [6.07, 6.45) is 2.15. The molecule has 2 atom stereocenters. The Hall–Kier alpha value is -2.87. The van der Waals surface area contributed by atoms with Crippen LogP contribution < -0.4 is 5.32 Å². The molecule has 0 heterocycles. The Morgan fingerprint density at radius 2 is 1.41 bits per heavy atom. The number of benzene rings is 3. The van der Waals surface area contributed by atoms with Crippen molar-refractivity contribution in [3.05, 3.63) is 101 Å². The van der Waals surface area contributed by atoms with E-state index >= 15 is 0 Å². The fraction of sp³-hybridized carbons (Fsp3) is 0.296. The number of rotatable bonds is 4.